The topological polar surface area (TPSA) is 80.1 Å². The van der Waals surface area contributed by atoms with Crippen molar-refractivity contribution in [3.05, 3.63) is 53.4 Å². The van der Waals surface area contributed by atoms with Crippen LogP contribution in [0.3, 0.4) is 0 Å². The van der Waals surface area contributed by atoms with Gasteiger partial charge >= 0.3 is 0 Å². The Morgan fingerprint density at radius 3 is 2.59 bits per heavy atom. The summed E-state index contributed by atoms with van der Waals surface area (Å²) in [4.78, 5) is 31.7. The number of rotatable bonds is 6. The number of carbonyl (C=O) groups excluding carboxylic acids is 2. The molecule has 1 N–H and O–H groups in total. The zero-order valence-corrected chi connectivity index (χ0v) is 16.5. The van der Waals surface area contributed by atoms with E-state index < -0.39 is 5.91 Å². The predicted molar refractivity (Wildman–Crippen MR) is 107 cm³/mol. The molecule has 0 saturated carbocycles. The van der Waals surface area contributed by atoms with Crippen LogP contribution in [0.4, 0.5) is 4.39 Å². The summed E-state index contributed by atoms with van der Waals surface area (Å²) in [5.41, 5.74) is 0.602. The maximum atomic E-state index is 13.3. The van der Waals surface area contributed by atoms with Crippen molar-refractivity contribution in [3.8, 4) is 16.4 Å². The lowest BCUT2D eigenvalue weighted by Crippen LogP contribution is -2.33. The van der Waals surface area contributed by atoms with Crippen LogP contribution < -0.4 is 5.32 Å². The van der Waals surface area contributed by atoms with E-state index in [1.165, 1.54) is 28.2 Å². The van der Waals surface area contributed by atoms with E-state index in [4.69, 9.17) is 0 Å². The molecule has 1 aromatic carbocycles. The first-order valence-corrected chi connectivity index (χ1v) is 10.3. The average Bonchev–Trinajstić information content (AvgIpc) is 3.49. The molecule has 2 aromatic heterocycles. The number of likely N-dealkylation sites (tertiary alicyclic amines) is 1. The van der Waals surface area contributed by atoms with Crippen molar-refractivity contribution in [1.29, 1.82) is 0 Å². The Balaban J connectivity index is 1.49. The van der Waals surface area contributed by atoms with Crippen LogP contribution in [0.5, 0.6) is 0 Å². The molecule has 1 aliphatic rings. The van der Waals surface area contributed by atoms with Crippen LogP contribution in [-0.4, -0.2) is 51.1 Å². The van der Waals surface area contributed by atoms with E-state index in [-0.39, 0.29) is 30.5 Å². The molecule has 1 aliphatic heterocycles. The number of carbonyl (C=O) groups is 2. The highest BCUT2D eigenvalue weighted by Crippen LogP contribution is 2.25. The molecular formula is C20H20FN5O2S. The monoisotopic (exact) mass is 413 g/mol. The molecule has 0 radical (unpaired) electrons. The van der Waals surface area contributed by atoms with Crippen LogP contribution in [0.2, 0.25) is 0 Å². The van der Waals surface area contributed by atoms with E-state index in [9.17, 15) is 14.0 Å². The van der Waals surface area contributed by atoms with Crippen molar-refractivity contribution in [1.82, 2.24) is 25.0 Å². The molecule has 0 atom stereocenters. The summed E-state index contributed by atoms with van der Waals surface area (Å²) in [6, 6.07) is 9.59. The molecule has 3 aromatic rings. The number of nitrogens with zero attached hydrogens (tertiary/aromatic N) is 4. The molecule has 9 heteroatoms. The van der Waals surface area contributed by atoms with Crippen molar-refractivity contribution in [2.24, 2.45) is 0 Å². The first-order chi connectivity index (χ1) is 14.1. The number of hydrogen-bond donors (Lipinski definition) is 1. The molecule has 29 heavy (non-hydrogen) atoms. The highest BCUT2D eigenvalue weighted by molar-refractivity contribution is 7.13. The van der Waals surface area contributed by atoms with Gasteiger partial charge in [0.25, 0.3) is 5.91 Å². The van der Waals surface area contributed by atoms with Crippen LogP contribution in [-0.2, 0) is 4.79 Å². The highest BCUT2D eigenvalue weighted by atomic mass is 32.1. The summed E-state index contributed by atoms with van der Waals surface area (Å²) in [7, 11) is 0. The van der Waals surface area contributed by atoms with Crippen LogP contribution in [0.15, 0.2) is 41.8 Å². The first kappa shape index (κ1) is 19.3. The fraction of sp³-hybridized carbons (Fsp3) is 0.300. The zero-order chi connectivity index (χ0) is 20.2. The maximum Gasteiger partial charge on any atom is 0.291 e. The molecule has 4 rings (SSSR count). The number of thiophene rings is 1. The van der Waals surface area contributed by atoms with Gasteiger partial charge in [0.15, 0.2) is 5.82 Å². The third kappa shape index (κ3) is 4.34. The van der Waals surface area contributed by atoms with Gasteiger partial charge in [-0.1, -0.05) is 6.07 Å². The van der Waals surface area contributed by atoms with Gasteiger partial charge < -0.3 is 10.2 Å². The van der Waals surface area contributed by atoms with Crippen LogP contribution in [0.25, 0.3) is 16.4 Å². The van der Waals surface area contributed by atoms with E-state index >= 15 is 0 Å². The number of aromatic nitrogens is 3. The average molecular weight is 413 g/mol. The van der Waals surface area contributed by atoms with Gasteiger partial charge in [-0.05, 0) is 48.6 Å². The Hall–Kier alpha value is -3.07. The minimum atomic E-state index is -0.446. The van der Waals surface area contributed by atoms with Gasteiger partial charge in [-0.2, -0.15) is 0 Å². The smallest absolute Gasteiger partial charge is 0.291 e. The van der Waals surface area contributed by atoms with Crippen molar-refractivity contribution in [2.45, 2.75) is 19.3 Å². The summed E-state index contributed by atoms with van der Waals surface area (Å²) >= 11 is 1.47. The summed E-state index contributed by atoms with van der Waals surface area (Å²) in [5, 5.41) is 8.95. The fourth-order valence-electron chi connectivity index (χ4n) is 3.22. The largest absolute Gasteiger partial charge is 0.349 e. The van der Waals surface area contributed by atoms with Gasteiger partial charge in [0.2, 0.25) is 11.7 Å². The van der Waals surface area contributed by atoms with E-state index in [1.54, 1.807) is 12.1 Å². The molecule has 0 bridgehead atoms. The van der Waals surface area contributed by atoms with Gasteiger partial charge in [-0.25, -0.2) is 14.1 Å². The first-order valence-electron chi connectivity index (χ1n) is 9.44. The van der Waals surface area contributed by atoms with Gasteiger partial charge in [-0.3, -0.25) is 9.59 Å². The van der Waals surface area contributed by atoms with E-state index in [0.29, 0.717) is 11.5 Å². The molecule has 150 valence electrons. The summed E-state index contributed by atoms with van der Waals surface area (Å²) in [6.07, 6.45) is 2.32. The number of amides is 2. The molecule has 0 spiro atoms. The lowest BCUT2D eigenvalue weighted by molar-refractivity contribution is -0.129. The van der Waals surface area contributed by atoms with Crippen molar-refractivity contribution in [2.75, 3.05) is 19.6 Å². The summed E-state index contributed by atoms with van der Waals surface area (Å²) in [5.74, 6) is -0.242. The highest BCUT2D eigenvalue weighted by Gasteiger charge is 2.21. The zero-order valence-electron chi connectivity index (χ0n) is 15.7. The van der Waals surface area contributed by atoms with Gasteiger partial charge in [0.05, 0.1) is 10.6 Å². The Morgan fingerprint density at radius 1 is 1.14 bits per heavy atom. The number of nitrogens with one attached hydrogen (secondary N) is 1. The standard InChI is InChI=1S/C20H20FN5O2S/c21-14-5-7-15(8-6-14)26-19(16-4-3-13-29-16)23-18(24-26)20(28)22-10-9-17(27)25-11-1-2-12-25/h3-8,13H,1-2,9-12H2,(H,22,28). The molecule has 2 amide bonds. The quantitative estimate of drug-likeness (QED) is 0.674. The van der Waals surface area contributed by atoms with E-state index in [0.717, 1.165) is 30.8 Å². The fourth-order valence-corrected chi connectivity index (χ4v) is 3.92. The molecule has 1 fully saturated rings. The molecule has 0 unspecified atom stereocenters. The lowest BCUT2D eigenvalue weighted by atomic mass is 10.3. The van der Waals surface area contributed by atoms with Gasteiger partial charge in [-0.15, -0.1) is 16.4 Å². The second-order valence-corrected chi connectivity index (χ2v) is 7.67. The number of hydrogen-bond acceptors (Lipinski definition) is 5. The molecule has 0 aliphatic carbocycles. The van der Waals surface area contributed by atoms with E-state index in [2.05, 4.69) is 15.4 Å². The molecule has 3 heterocycles. The van der Waals surface area contributed by atoms with Crippen LogP contribution in [0, 0.1) is 5.82 Å². The van der Waals surface area contributed by atoms with Crippen LogP contribution in [0.1, 0.15) is 29.9 Å². The molecular weight excluding hydrogens is 393 g/mol. The Kier molecular flexibility index (Phi) is 5.66. The third-order valence-corrected chi connectivity index (χ3v) is 5.57. The summed E-state index contributed by atoms with van der Waals surface area (Å²) in [6.45, 7) is 1.81. The Morgan fingerprint density at radius 2 is 1.90 bits per heavy atom. The molecule has 7 nitrogen and oxygen atoms in total. The number of benzene rings is 1. The Bertz CT molecular complexity index is 995. The normalized spacial score (nSPS) is 13.6. The number of halogens is 1. The van der Waals surface area contributed by atoms with Crippen LogP contribution >= 0.6 is 11.3 Å². The second kappa shape index (κ2) is 8.52. The predicted octanol–water partition coefficient (Wildman–Crippen LogP) is 2.88. The lowest BCUT2D eigenvalue weighted by Gasteiger charge is -2.14. The van der Waals surface area contributed by atoms with Gasteiger partial charge in [0, 0.05) is 26.1 Å². The second-order valence-electron chi connectivity index (χ2n) is 6.72. The molecule has 1 saturated heterocycles. The minimum Gasteiger partial charge on any atom is -0.349 e. The Labute approximate surface area is 171 Å². The SMILES string of the molecule is O=C(NCCC(=O)N1CCCC1)c1nc(-c2cccs2)n(-c2ccc(F)cc2)n1. The van der Waals surface area contributed by atoms with Crippen molar-refractivity contribution < 1.29 is 14.0 Å². The maximum absolute atomic E-state index is 13.3. The van der Waals surface area contributed by atoms with Crippen molar-refractivity contribution >= 4 is 23.2 Å². The summed E-state index contributed by atoms with van der Waals surface area (Å²) < 4.78 is 14.8. The third-order valence-electron chi connectivity index (χ3n) is 4.71. The van der Waals surface area contributed by atoms with Crippen molar-refractivity contribution in [3.63, 3.8) is 0 Å². The van der Waals surface area contributed by atoms with Gasteiger partial charge in [0.1, 0.15) is 5.82 Å². The van der Waals surface area contributed by atoms with E-state index in [1.807, 2.05) is 22.4 Å². The minimum absolute atomic E-state index is 0.00588.